The van der Waals surface area contributed by atoms with Crippen molar-refractivity contribution < 1.29 is 18.5 Å². The lowest BCUT2D eigenvalue weighted by Gasteiger charge is -2.26. The van der Waals surface area contributed by atoms with Crippen molar-refractivity contribution in [2.45, 2.75) is 64.2 Å². The summed E-state index contributed by atoms with van der Waals surface area (Å²) in [4.78, 5) is 43.8. The summed E-state index contributed by atoms with van der Waals surface area (Å²) in [5, 5.41) is 0.505. The number of carbonyl (C=O) groups is 2. The van der Waals surface area contributed by atoms with E-state index in [0.717, 1.165) is 0 Å². The summed E-state index contributed by atoms with van der Waals surface area (Å²) in [6.07, 6.45) is 3.08. The molecule has 9 heteroatoms. The van der Waals surface area contributed by atoms with E-state index in [1.165, 1.54) is 16.8 Å². The Balaban J connectivity index is 2.20. The Morgan fingerprint density at radius 1 is 1.05 bits per heavy atom. The van der Waals surface area contributed by atoms with Crippen molar-refractivity contribution in [2.75, 3.05) is 5.75 Å². The number of hydrogen-bond acceptors (Lipinski definition) is 6. The number of nitrogens with zero attached hydrogens (tertiary/aromatic N) is 2. The molecule has 3 rings (SSSR count). The second kappa shape index (κ2) is 12.0. The minimum absolute atomic E-state index is 0.0833. The molecule has 39 heavy (non-hydrogen) atoms. The lowest BCUT2D eigenvalue weighted by atomic mass is 9.89. The molecule has 0 fully saturated rings. The van der Waals surface area contributed by atoms with Crippen LogP contribution in [0.3, 0.4) is 0 Å². The standard InChI is InChI=1S/C30H35ClN2O5S/c1-29(2,3)38-26(35)15-20(18-39(37)30(4,5)6)23-16-25(34)33(7)17-24(23)22-9-8-14-32-27(22)28(36)19-10-12-21(31)13-11-19/h8-14,16-17,20H,15,18H2,1-7H3/t20-,39-/m1/s1. The van der Waals surface area contributed by atoms with Gasteiger partial charge in [-0.05, 0) is 77.4 Å². The zero-order valence-corrected chi connectivity index (χ0v) is 25.0. The van der Waals surface area contributed by atoms with Gasteiger partial charge >= 0.3 is 5.97 Å². The molecule has 0 aliphatic rings. The van der Waals surface area contributed by atoms with Crippen molar-refractivity contribution in [2.24, 2.45) is 7.05 Å². The summed E-state index contributed by atoms with van der Waals surface area (Å²) >= 11 is 6.01. The van der Waals surface area contributed by atoms with E-state index in [1.807, 2.05) is 20.8 Å². The van der Waals surface area contributed by atoms with Gasteiger partial charge < -0.3 is 9.30 Å². The van der Waals surface area contributed by atoms with Gasteiger partial charge in [0.15, 0.2) is 0 Å². The molecule has 0 radical (unpaired) electrons. The van der Waals surface area contributed by atoms with Crippen LogP contribution in [0.15, 0.2) is 59.7 Å². The molecule has 208 valence electrons. The summed E-state index contributed by atoms with van der Waals surface area (Å²) in [6, 6.07) is 11.4. The molecule has 0 aliphatic carbocycles. The Labute approximate surface area is 237 Å². The number of hydrogen-bond donors (Lipinski definition) is 0. The van der Waals surface area contributed by atoms with Crippen LogP contribution in [0.5, 0.6) is 0 Å². The highest BCUT2D eigenvalue weighted by Gasteiger charge is 2.30. The van der Waals surface area contributed by atoms with E-state index in [2.05, 4.69) is 4.98 Å². The van der Waals surface area contributed by atoms with Crippen LogP contribution in [0.4, 0.5) is 0 Å². The molecular weight excluding hydrogens is 536 g/mol. The number of halogens is 1. The summed E-state index contributed by atoms with van der Waals surface area (Å²) in [5.74, 6) is -1.26. The van der Waals surface area contributed by atoms with Gasteiger partial charge in [-0.15, -0.1) is 0 Å². The van der Waals surface area contributed by atoms with Crippen molar-refractivity contribution >= 4 is 34.2 Å². The molecular formula is C30H35ClN2O5S. The minimum Gasteiger partial charge on any atom is -0.460 e. The molecule has 0 saturated heterocycles. The number of carbonyl (C=O) groups excluding carboxylic acids is 2. The fraction of sp³-hybridized carbons (Fsp3) is 0.400. The molecule has 2 atom stereocenters. The Kier molecular flexibility index (Phi) is 9.34. The van der Waals surface area contributed by atoms with Crippen LogP contribution in [-0.4, -0.2) is 41.6 Å². The normalized spacial score (nSPS) is 13.5. The molecule has 0 N–H and O–H groups in total. The van der Waals surface area contributed by atoms with Gasteiger partial charge in [-0.25, -0.2) is 0 Å². The molecule has 7 nitrogen and oxygen atoms in total. The van der Waals surface area contributed by atoms with Crippen LogP contribution in [-0.2, 0) is 27.4 Å². The van der Waals surface area contributed by atoms with Crippen molar-refractivity contribution in [3.63, 3.8) is 0 Å². The van der Waals surface area contributed by atoms with Crippen molar-refractivity contribution in [3.05, 3.63) is 87.1 Å². The Bertz CT molecular complexity index is 1450. The van der Waals surface area contributed by atoms with Crippen molar-refractivity contribution in [1.82, 2.24) is 9.55 Å². The molecule has 0 aliphatic heterocycles. The van der Waals surface area contributed by atoms with Crippen molar-refractivity contribution in [1.29, 1.82) is 0 Å². The van der Waals surface area contributed by atoms with Gasteiger partial charge in [0.25, 0.3) is 5.56 Å². The number of esters is 1. The third-order valence-electron chi connectivity index (χ3n) is 5.99. The number of ketones is 1. The molecule has 2 aromatic heterocycles. The molecule has 2 heterocycles. The summed E-state index contributed by atoms with van der Waals surface area (Å²) in [5.41, 5.74) is 1.17. The Hall–Kier alpha value is -3.10. The maximum Gasteiger partial charge on any atom is 0.306 e. The number of aromatic nitrogens is 2. The van der Waals surface area contributed by atoms with Crippen LogP contribution < -0.4 is 5.56 Å². The van der Waals surface area contributed by atoms with E-state index in [4.69, 9.17) is 16.3 Å². The number of pyridine rings is 2. The highest BCUT2D eigenvalue weighted by molar-refractivity contribution is 7.86. The second-order valence-corrected chi connectivity index (χ2v) is 14.1. The smallest absolute Gasteiger partial charge is 0.306 e. The van der Waals surface area contributed by atoms with E-state index in [9.17, 15) is 18.6 Å². The number of benzene rings is 1. The molecule has 0 bridgehead atoms. The van der Waals surface area contributed by atoms with E-state index < -0.39 is 33.0 Å². The molecule has 3 aromatic rings. The fourth-order valence-electron chi connectivity index (χ4n) is 4.02. The van der Waals surface area contributed by atoms with Gasteiger partial charge in [0.1, 0.15) is 11.3 Å². The predicted octanol–water partition coefficient (Wildman–Crippen LogP) is 5.69. The fourth-order valence-corrected chi connectivity index (χ4v) is 5.31. The van der Waals surface area contributed by atoms with Gasteiger partial charge in [-0.1, -0.05) is 17.7 Å². The number of aryl methyl sites for hydroxylation is 1. The Morgan fingerprint density at radius 2 is 1.69 bits per heavy atom. The maximum atomic E-state index is 13.5. The molecule has 0 amide bonds. The van der Waals surface area contributed by atoms with Gasteiger partial charge in [0, 0.05) is 74.4 Å². The van der Waals surface area contributed by atoms with Crippen LogP contribution in [0.2, 0.25) is 5.02 Å². The zero-order chi connectivity index (χ0) is 29.1. The first kappa shape index (κ1) is 30.4. The lowest BCUT2D eigenvalue weighted by molar-refractivity contribution is -0.155. The third kappa shape index (κ3) is 7.96. The summed E-state index contributed by atoms with van der Waals surface area (Å²) < 4.78 is 19.8. The molecule has 0 unspecified atom stereocenters. The van der Waals surface area contributed by atoms with Gasteiger partial charge in [-0.3, -0.25) is 23.6 Å². The minimum atomic E-state index is -1.34. The average molecular weight is 571 g/mol. The lowest BCUT2D eigenvalue weighted by Crippen LogP contribution is -2.30. The van der Waals surface area contributed by atoms with Crippen LogP contribution in [0, 0.1) is 0 Å². The first-order valence-corrected chi connectivity index (χ1v) is 14.3. The first-order chi connectivity index (χ1) is 18.1. The third-order valence-corrected chi connectivity index (χ3v) is 8.31. The van der Waals surface area contributed by atoms with E-state index >= 15 is 0 Å². The largest absolute Gasteiger partial charge is 0.460 e. The van der Waals surface area contributed by atoms with Gasteiger partial charge in [-0.2, -0.15) is 0 Å². The quantitative estimate of drug-likeness (QED) is 0.255. The monoisotopic (exact) mass is 570 g/mol. The second-order valence-electron chi connectivity index (χ2n) is 11.4. The molecule has 1 aromatic carbocycles. The first-order valence-electron chi connectivity index (χ1n) is 12.6. The highest BCUT2D eigenvalue weighted by Crippen LogP contribution is 2.35. The zero-order valence-electron chi connectivity index (χ0n) is 23.4. The van der Waals surface area contributed by atoms with E-state index in [-0.39, 0.29) is 29.2 Å². The van der Waals surface area contributed by atoms with Crippen molar-refractivity contribution in [3.8, 4) is 11.1 Å². The number of rotatable bonds is 8. The van der Waals surface area contributed by atoms with Crippen LogP contribution >= 0.6 is 11.6 Å². The predicted molar refractivity (Wildman–Crippen MR) is 156 cm³/mol. The van der Waals surface area contributed by atoms with Gasteiger partial charge in [0.2, 0.25) is 5.78 Å². The highest BCUT2D eigenvalue weighted by atomic mass is 35.5. The van der Waals surface area contributed by atoms with E-state index in [1.54, 1.807) is 70.4 Å². The SMILES string of the molecule is Cn1cc(-c2cccnc2C(=O)c2ccc(Cl)cc2)c([C@H](CC(=O)OC(C)(C)C)C[S@@](=O)C(C)(C)C)cc1=O. The van der Waals surface area contributed by atoms with Crippen LogP contribution in [0.25, 0.3) is 11.1 Å². The number of ether oxygens (including phenoxy) is 1. The molecule has 0 saturated carbocycles. The topological polar surface area (TPSA) is 95.3 Å². The van der Waals surface area contributed by atoms with E-state index in [0.29, 0.717) is 27.3 Å². The average Bonchev–Trinajstić information content (AvgIpc) is 2.83. The summed E-state index contributed by atoms with van der Waals surface area (Å²) in [7, 11) is 0.272. The van der Waals surface area contributed by atoms with Gasteiger partial charge in [0.05, 0.1) is 6.42 Å². The summed E-state index contributed by atoms with van der Waals surface area (Å²) in [6.45, 7) is 10.9. The van der Waals surface area contributed by atoms with Crippen LogP contribution in [0.1, 0.15) is 75.5 Å². The maximum absolute atomic E-state index is 13.5. The Morgan fingerprint density at radius 3 is 2.28 bits per heavy atom. The molecule has 0 spiro atoms.